The molecule has 2 N–H and O–H groups in total. The van der Waals surface area contributed by atoms with Crippen molar-refractivity contribution in [2.24, 2.45) is 0 Å². The first-order valence-corrected chi connectivity index (χ1v) is 11.7. The van der Waals surface area contributed by atoms with Crippen LogP contribution in [-0.4, -0.2) is 43.5 Å². The molecular formula is C19H19FN4O4S2. The highest BCUT2D eigenvalue weighted by atomic mass is 32.2. The SMILES string of the molecule is COc1cc(NC(=O)c2cnc(SC)n2-c2ccc(F)cc2)ccc1NS(C)(=O)=O. The summed E-state index contributed by atoms with van der Waals surface area (Å²) in [5.74, 6) is -0.585. The van der Waals surface area contributed by atoms with Crippen molar-refractivity contribution in [3.05, 3.63) is 60.2 Å². The number of halogens is 1. The number of amides is 1. The van der Waals surface area contributed by atoms with Crippen LogP contribution in [0.1, 0.15) is 10.5 Å². The first kappa shape index (κ1) is 21.7. The van der Waals surface area contributed by atoms with E-state index in [0.717, 1.165) is 6.26 Å². The zero-order chi connectivity index (χ0) is 21.9. The van der Waals surface area contributed by atoms with Crippen LogP contribution in [0.5, 0.6) is 5.75 Å². The Labute approximate surface area is 177 Å². The summed E-state index contributed by atoms with van der Waals surface area (Å²) in [6.07, 6.45) is 4.28. The van der Waals surface area contributed by atoms with Crippen molar-refractivity contribution < 1.29 is 22.3 Å². The second-order valence-electron chi connectivity index (χ2n) is 6.19. The molecule has 0 bridgehead atoms. The average Bonchev–Trinajstić information content (AvgIpc) is 3.13. The molecule has 0 radical (unpaired) electrons. The second-order valence-corrected chi connectivity index (χ2v) is 8.71. The average molecular weight is 451 g/mol. The van der Waals surface area contributed by atoms with Gasteiger partial charge in [-0.25, -0.2) is 17.8 Å². The molecule has 1 aromatic heterocycles. The third kappa shape index (κ3) is 4.92. The summed E-state index contributed by atoms with van der Waals surface area (Å²) in [5.41, 5.74) is 1.49. The highest BCUT2D eigenvalue weighted by molar-refractivity contribution is 7.98. The number of aromatic nitrogens is 2. The van der Waals surface area contributed by atoms with Crippen molar-refractivity contribution in [2.75, 3.05) is 29.7 Å². The van der Waals surface area contributed by atoms with Crippen molar-refractivity contribution in [2.45, 2.75) is 5.16 Å². The van der Waals surface area contributed by atoms with Crippen LogP contribution in [0.15, 0.2) is 53.8 Å². The van der Waals surface area contributed by atoms with Gasteiger partial charge in [0, 0.05) is 17.4 Å². The minimum atomic E-state index is -3.49. The molecule has 0 aliphatic heterocycles. The summed E-state index contributed by atoms with van der Waals surface area (Å²) in [7, 11) is -2.09. The number of benzene rings is 2. The van der Waals surface area contributed by atoms with Crippen LogP contribution in [0.2, 0.25) is 0 Å². The molecule has 8 nitrogen and oxygen atoms in total. The van der Waals surface area contributed by atoms with Gasteiger partial charge in [0.1, 0.15) is 17.3 Å². The van der Waals surface area contributed by atoms with Crippen LogP contribution in [0, 0.1) is 5.82 Å². The largest absolute Gasteiger partial charge is 0.494 e. The van der Waals surface area contributed by atoms with Gasteiger partial charge in [0.25, 0.3) is 5.91 Å². The van der Waals surface area contributed by atoms with Gasteiger partial charge in [-0.1, -0.05) is 11.8 Å². The zero-order valence-electron chi connectivity index (χ0n) is 16.3. The highest BCUT2D eigenvalue weighted by Crippen LogP contribution is 2.29. The number of sulfonamides is 1. The lowest BCUT2D eigenvalue weighted by Crippen LogP contribution is -2.17. The first-order chi connectivity index (χ1) is 14.2. The Bertz CT molecular complexity index is 1180. The Morgan fingerprint density at radius 3 is 2.50 bits per heavy atom. The lowest BCUT2D eigenvalue weighted by molar-refractivity contribution is 0.102. The Morgan fingerprint density at radius 1 is 1.20 bits per heavy atom. The van der Waals surface area contributed by atoms with Crippen LogP contribution < -0.4 is 14.8 Å². The van der Waals surface area contributed by atoms with Crippen molar-refractivity contribution in [3.63, 3.8) is 0 Å². The van der Waals surface area contributed by atoms with Gasteiger partial charge in [-0.15, -0.1) is 0 Å². The molecule has 1 amide bonds. The van der Waals surface area contributed by atoms with E-state index in [1.807, 2.05) is 6.26 Å². The molecule has 158 valence electrons. The minimum absolute atomic E-state index is 0.245. The maximum atomic E-state index is 13.3. The molecule has 2 aromatic carbocycles. The normalized spacial score (nSPS) is 11.2. The van der Waals surface area contributed by atoms with E-state index in [2.05, 4.69) is 15.0 Å². The van der Waals surface area contributed by atoms with Crippen LogP contribution in [0.25, 0.3) is 5.69 Å². The van der Waals surface area contributed by atoms with Gasteiger partial charge in [-0.3, -0.25) is 14.1 Å². The van der Waals surface area contributed by atoms with Gasteiger partial charge in [0.05, 0.1) is 25.2 Å². The minimum Gasteiger partial charge on any atom is -0.494 e. The summed E-state index contributed by atoms with van der Waals surface area (Å²) in [6, 6.07) is 10.3. The molecule has 0 saturated heterocycles. The van der Waals surface area contributed by atoms with E-state index >= 15 is 0 Å². The smallest absolute Gasteiger partial charge is 0.274 e. The number of hydrogen-bond donors (Lipinski definition) is 2. The first-order valence-electron chi connectivity index (χ1n) is 8.56. The zero-order valence-corrected chi connectivity index (χ0v) is 18.0. The Morgan fingerprint density at radius 2 is 1.90 bits per heavy atom. The molecule has 1 heterocycles. The number of imidazole rings is 1. The summed E-state index contributed by atoms with van der Waals surface area (Å²) < 4.78 is 45.4. The van der Waals surface area contributed by atoms with Gasteiger partial charge < -0.3 is 10.1 Å². The molecule has 30 heavy (non-hydrogen) atoms. The summed E-state index contributed by atoms with van der Waals surface area (Å²) in [6.45, 7) is 0. The topological polar surface area (TPSA) is 102 Å². The maximum absolute atomic E-state index is 13.3. The predicted octanol–water partition coefficient (Wildman–Crippen LogP) is 3.37. The maximum Gasteiger partial charge on any atom is 0.274 e. The summed E-state index contributed by atoms with van der Waals surface area (Å²) in [5, 5.41) is 3.31. The molecule has 0 atom stereocenters. The van der Waals surface area contributed by atoms with E-state index in [-0.39, 0.29) is 22.9 Å². The molecular weight excluding hydrogens is 431 g/mol. The fraction of sp³-hybridized carbons (Fsp3) is 0.158. The number of ether oxygens (including phenoxy) is 1. The molecule has 0 spiro atoms. The van der Waals surface area contributed by atoms with E-state index in [1.165, 1.54) is 49.3 Å². The van der Waals surface area contributed by atoms with Crippen molar-refractivity contribution in [1.82, 2.24) is 9.55 Å². The lowest BCUT2D eigenvalue weighted by atomic mass is 10.2. The third-order valence-electron chi connectivity index (χ3n) is 3.98. The Balaban J connectivity index is 1.91. The number of carbonyl (C=O) groups excluding carboxylic acids is 1. The van der Waals surface area contributed by atoms with Gasteiger partial charge in [0.15, 0.2) is 5.16 Å². The van der Waals surface area contributed by atoms with Crippen molar-refractivity contribution >= 4 is 39.1 Å². The van der Waals surface area contributed by atoms with Crippen molar-refractivity contribution in [3.8, 4) is 11.4 Å². The van der Waals surface area contributed by atoms with Gasteiger partial charge >= 0.3 is 0 Å². The van der Waals surface area contributed by atoms with E-state index in [0.29, 0.717) is 16.5 Å². The summed E-state index contributed by atoms with van der Waals surface area (Å²) >= 11 is 1.35. The van der Waals surface area contributed by atoms with E-state index in [4.69, 9.17) is 4.74 Å². The Kier molecular flexibility index (Phi) is 6.32. The standard InChI is InChI=1S/C19H19FN4O4S2/c1-28-17-10-13(6-9-15(17)23-30(3,26)27)22-18(25)16-11-21-19(29-2)24(16)14-7-4-12(20)5-8-14/h4-11,23H,1-3H3,(H,22,25). The van der Waals surface area contributed by atoms with E-state index < -0.39 is 15.9 Å². The number of anilines is 2. The molecule has 0 aliphatic carbocycles. The monoisotopic (exact) mass is 450 g/mol. The highest BCUT2D eigenvalue weighted by Gasteiger charge is 2.19. The quantitative estimate of drug-likeness (QED) is 0.535. The summed E-state index contributed by atoms with van der Waals surface area (Å²) in [4.78, 5) is 17.2. The van der Waals surface area contributed by atoms with Crippen LogP contribution in [0.4, 0.5) is 15.8 Å². The number of rotatable bonds is 7. The number of thioether (sulfide) groups is 1. The predicted molar refractivity (Wildman–Crippen MR) is 115 cm³/mol. The lowest BCUT2D eigenvalue weighted by Gasteiger charge is -2.13. The Hall–Kier alpha value is -3.05. The number of methoxy groups -OCH3 is 1. The number of nitrogens with one attached hydrogen (secondary N) is 2. The molecule has 3 aromatic rings. The van der Waals surface area contributed by atoms with Crippen LogP contribution in [0.3, 0.4) is 0 Å². The van der Waals surface area contributed by atoms with Gasteiger partial charge in [-0.2, -0.15) is 0 Å². The molecule has 0 unspecified atom stereocenters. The van der Waals surface area contributed by atoms with Crippen LogP contribution in [-0.2, 0) is 10.0 Å². The van der Waals surface area contributed by atoms with Gasteiger partial charge in [-0.05, 0) is 42.7 Å². The second kappa shape index (κ2) is 8.76. The third-order valence-corrected chi connectivity index (χ3v) is 5.23. The number of hydrogen-bond acceptors (Lipinski definition) is 6. The molecule has 3 rings (SSSR count). The number of carbonyl (C=O) groups is 1. The van der Waals surface area contributed by atoms with Crippen molar-refractivity contribution in [1.29, 1.82) is 0 Å². The molecule has 0 saturated carbocycles. The van der Waals surface area contributed by atoms with E-state index in [9.17, 15) is 17.6 Å². The fourth-order valence-corrected chi connectivity index (χ4v) is 3.84. The van der Waals surface area contributed by atoms with Crippen LogP contribution >= 0.6 is 11.8 Å². The molecule has 0 aliphatic rings. The fourth-order valence-electron chi connectivity index (χ4n) is 2.73. The molecule has 0 fully saturated rings. The van der Waals surface area contributed by atoms with E-state index in [1.54, 1.807) is 22.8 Å². The number of nitrogens with zero attached hydrogens (tertiary/aromatic N) is 2. The molecule has 11 heteroatoms. The van der Waals surface area contributed by atoms with Gasteiger partial charge in [0.2, 0.25) is 10.0 Å².